The van der Waals surface area contributed by atoms with Crippen molar-refractivity contribution in [3.63, 3.8) is 0 Å². The van der Waals surface area contributed by atoms with Gasteiger partial charge < -0.3 is 1.43 Å². The number of hydrogen-bond donors (Lipinski definition) is 0. The summed E-state index contributed by atoms with van der Waals surface area (Å²) in [5.41, 5.74) is 0. The Kier molecular flexibility index (Phi) is 13.0. The summed E-state index contributed by atoms with van der Waals surface area (Å²) < 4.78 is 29.9. The first-order valence-corrected chi connectivity index (χ1v) is 6.16. The van der Waals surface area contributed by atoms with Crippen molar-refractivity contribution in [2.45, 2.75) is 39.5 Å². The first-order valence-electron chi connectivity index (χ1n) is 4.82. The molecule has 0 spiro atoms. The Labute approximate surface area is 105 Å². The van der Waals surface area contributed by atoms with E-state index in [1.54, 1.807) is 6.92 Å². The summed E-state index contributed by atoms with van der Waals surface area (Å²) >= 11 is 0. The van der Waals surface area contributed by atoms with Gasteiger partial charge in [-0.15, -0.1) is 0 Å². The molecule has 0 heterocycles. The van der Waals surface area contributed by atoms with Crippen LogP contribution in [-0.4, -0.2) is 21.6 Å². The molecule has 0 aliphatic rings. The molecule has 0 saturated carbocycles. The molecule has 0 aliphatic carbocycles. The molecule has 0 unspecified atom stereocenters. The van der Waals surface area contributed by atoms with Crippen LogP contribution in [0.25, 0.3) is 0 Å². The standard InChI is InChI=1S/C8H18O5S.Li.H/c1-3-5-6-7-8-11-13-14(9,10)12-4-2;;/h3-8H2,1-2H3;;/q;+1;-1. The monoisotopic (exact) mass is 234 g/mol. The minimum Gasteiger partial charge on any atom is -1.00 e. The molecule has 7 heteroatoms. The van der Waals surface area contributed by atoms with Gasteiger partial charge in [0.1, 0.15) is 0 Å². The Morgan fingerprint density at radius 3 is 2.33 bits per heavy atom. The molecule has 5 nitrogen and oxygen atoms in total. The molecule has 0 aromatic rings. The topological polar surface area (TPSA) is 61.8 Å². The molecule has 0 radical (unpaired) electrons. The molecular weight excluding hydrogens is 215 g/mol. The van der Waals surface area contributed by atoms with Crippen molar-refractivity contribution < 1.29 is 42.1 Å². The van der Waals surface area contributed by atoms with Gasteiger partial charge in [0.2, 0.25) is 0 Å². The summed E-state index contributed by atoms with van der Waals surface area (Å²) in [6, 6.07) is 0. The van der Waals surface area contributed by atoms with Gasteiger partial charge in [-0.1, -0.05) is 30.5 Å². The van der Waals surface area contributed by atoms with Crippen LogP contribution in [0.3, 0.4) is 0 Å². The summed E-state index contributed by atoms with van der Waals surface area (Å²) in [6.07, 6.45) is 4.03. The summed E-state index contributed by atoms with van der Waals surface area (Å²) in [6.45, 7) is 3.97. The summed E-state index contributed by atoms with van der Waals surface area (Å²) in [5.74, 6) is 0. The van der Waals surface area contributed by atoms with Gasteiger partial charge in [0.25, 0.3) is 0 Å². The normalized spacial score (nSPS) is 11.1. The smallest absolute Gasteiger partial charge is 1.00 e. The second kappa shape index (κ2) is 10.9. The van der Waals surface area contributed by atoms with E-state index in [0.717, 1.165) is 25.7 Å². The Bertz CT molecular complexity index is 222. The Morgan fingerprint density at radius 1 is 1.13 bits per heavy atom. The minimum absolute atomic E-state index is 0. The van der Waals surface area contributed by atoms with E-state index in [2.05, 4.69) is 20.3 Å². The maximum atomic E-state index is 10.7. The molecule has 0 aliphatic heterocycles. The van der Waals surface area contributed by atoms with Crippen molar-refractivity contribution >= 4 is 10.4 Å². The molecule has 88 valence electrons. The van der Waals surface area contributed by atoms with Crippen LogP contribution in [0.4, 0.5) is 0 Å². The summed E-state index contributed by atoms with van der Waals surface area (Å²) in [4.78, 5) is 4.48. The molecule has 15 heavy (non-hydrogen) atoms. The van der Waals surface area contributed by atoms with Gasteiger partial charge >= 0.3 is 29.3 Å². The van der Waals surface area contributed by atoms with E-state index in [9.17, 15) is 8.42 Å². The van der Waals surface area contributed by atoms with E-state index in [1.807, 2.05) is 0 Å². The van der Waals surface area contributed by atoms with Crippen LogP contribution in [0, 0.1) is 0 Å². The van der Waals surface area contributed by atoms with Crippen molar-refractivity contribution in [1.29, 1.82) is 0 Å². The first kappa shape index (κ1) is 17.8. The van der Waals surface area contributed by atoms with Gasteiger partial charge in [0, 0.05) is 0 Å². The Balaban J connectivity index is -0.000000845. The molecular formula is C8H19LiO5S. The van der Waals surface area contributed by atoms with E-state index < -0.39 is 10.4 Å². The van der Waals surface area contributed by atoms with Gasteiger partial charge in [-0.2, -0.15) is 8.42 Å². The molecule has 0 aromatic carbocycles. The van der Waals surface area contributed by atoms with Crippen LogP contribution in [0.15, 0.2) is 0 Å². The van der Waals surface area contributed by atoms with Crippen molar-refractivity contribution in [2.24, 2.45) is 0 Å². The average Bonchev–Trinajstić information content (AvgIpc) is 2.11. The average molecular weight is 234 g/mol. The second-order valence-electron chi connectivity index (χ2n) is 2.77. The fourth-order valence-electron chi connectivity index (χ4n) is 0.845. The summed E-state index contributed by atoms with van der Waals surface area (Å²) in [5, 5.41) is 0. The van der Waals surface area contributed by atoms with Crippen molar-refractivity contribution in [2.75, 3.05) is 13.2 Å². The van der Waals surface area contributed by atoms with E-state index in [4.69, 9.17) is 0 Å². The van der Waals surface area contributed by atoms with Crippen LogP contribution in [0.5, 0.6) is 0 Å². The zero-order valence-electron chi connectivity index (χ0n) is 10.7. The fraction of sp³-hybridized carbons (Fsp3) is 1.00. The van der Waals surface area contributed by atoms with Crippen molar-refractivity contribution in [1.82, 2.24) is 0 Å². The van der Waals surface area contributed by atoms with E-state index in [1.165, 1.54) is 0 Å². The molecule has 0 N–H and O–H groups in total. The maximum Gasteiger partial charge on any atom is 1.00 e. The van der Waals surface area contributed by atoms with Gasteiger partial charge in [0.15, 0.2) is 0 Å². The van der Waals surface area contributed by atoms with Gasteiger partial charge in [0.05, 0.1) is 13.2 Å². The van der Waals surface area contributed by atoms with Gasteiger partial charge in [-0.05, 0) is 13.3 Å². The molecule has 0 aromatic heterocycles. The zero-order chi connectivity index (χ0) is 10.9. The number of unbranched alkanes of at least 4 members (excludes halogenated alkanes) is 3. The molecule has 0 amide bonds. The van der Waals surface area contributed by atoms with E-state index >= 15 is 0 Å². The minimum atomic E-state index is -3.95. The van der Waals surface area contributed by atoms with Crippen LogP contribution in [0.1, 0.15) is 41.0 Å². The third-order valence-electron chi connectivity index (χ3n) is 1.47. The third-order valence-corrected chi connectivity index (χ3v) is 2.26. The third kappa shape index (κ3) is 12.4. The maximum absolute atomic E-state index is 10.7. The Morgan fingerprint density at radius 2 is 1.80 bits per heavy atom. The second-order valence-corrected chi connectivity index (χ2v) is 3.95. The van der Waals surface area contributed by atoms with E-state index in [-0.39, 0.29) is 33.5 Å². The fourth-order valence-corrected chi connectivity index (χ4v) is 1.36. The quantitative estimate of drug-likeness (QED) is 0.220. The number of rotatable bonds is 9. The predicted molar refractivity (Wildman–Crippen MR) is 52.8 cm³/mol. The van der Waals surface area contributed by atoms with Crippen LogP contribution in [-0.2, 0) is 23.8 Å². The van der Waals surface area contributed by atoms with Crippen LogP contribution >= 0.6 is 0 Å². The summed E-state index contributed by atoms with van der Waals surface area (Å²) in [7, 11) is -3.95. The number of hydrogen-bond acceptors (Lipinski definition) is 5. The van der Waals surface area contributed by atoms with Crippen LogP contribution < -0.4 is 18.9 Å². The zero-order valence-corrected chi connectivity index (χ0v) is 10.5. The van der Waals surface area contributed by atoms with E-state index in [0.29, 0.717) is 0 Å². The predicted octanol–water partition coefficient (Wildman–Crippen LogP) is -1.09. The van der Waals surface area contributed by atoms with Gasteiger partial charge in [-0.25, -0.2) is 9.07 Å². The molecule has 0 atom stereocenters. The molecule has 0 rings (SSSR count). The largest absolute Gasteiger partial charge is 1.00 e. The Hall–Kier alpha value is 0.427. The van der Waals surface area contributed by atoms with Crippen molar-refractivity contribution in [3.8, 4) is 0 Å². The molecule has 0 fully saturated rings. The van der Waals surface area contributed by atoms with Gasteiger partial charge in [-0.3, -0.25) is 0 Å². The SMILES string of the molecule is CCCCCCOOS(=O)(=O)OCC.[H-].[Li+]. The molecule has 0 saturated heterocycles. The first-order chi connectivity index (χ1) is 6.62. The molecule has 0 bridgehead atoms. The van der Waals surface area contributed by atoms with Crippen LogP contribution in [0.2, 0.25) is 0 Å². The van der Waals surface area contributed by atoms with Crippen molar-refractivity contribution in [3.05, 3.63) is 0 Å².